The van der Waals surface area contributed by atoms with Crippen molar-refractivity contribution in [1.82, 2.24) is 0 Å². The fourth-order valence-electron chi connectivity index (χ4n) is 9.24. The Bertz CT molecular complexity index is 1910. The predicted octanol–water partition coefficient (Wildman–Crippen LogP) is 11.9. The molecular weight excluding hydrogens is 723 g/mol. The molecule has 2 aliphatic carbocycles. The normalized spacial score (nSPS) is 22.2. The van der Waals surface area contributed by atoms with Crippen LogP contribution >= 0.6 is 0 Å². The second-order valence-corrected chi connectivity index (χ2v) is 36.0. The van der Waals surface area contributed by atoms with Gasteiger partial charge in [-0.25, -0.2) is 0 Å². The molecule has 0 bridgehead atoms. The summed E-state index contributed by atoms with van der Waals surface area (Å²) in [7, 11) is -2.06. The number of aryl methyl sites for hydroxylation is 3. The molecule has 222 valence electrons. The molecule has 1 fully saturated rings. The minimum absolute atomic E-state index is 0.638. The van der Waals surface area contributed by atoms with E-state index in [1.54, 1.807) is 11.1 Å². The van der Waals surface area contributed by atoms with E-state index < -0.39 is 28.0 Å². The summed E-state index contributed by atoms with van der Waals surface area (Å²) in [6.07, 6.45) is 6.63. The first-order valence-corrected chi connectivity index (χ1v) is 30.7. The summed E-state index contributed by atoms with van der Waals surface area (Å²) < 4.78 is 6.86. The van der Waals surface area contributed by atoms with Gasteiger partial charge in [0.1, 0.15) is 0 Å². The van der Waals surface area contributed by atoms with Crippen LogP contribution < -0.4 is 0 Å². The molecule has 2 atom stereocenters. The van der Waals surface area contributed by atoms with Crippen molar-refractivity contribution in [3.63, 3.8) is 0 Å². The van der Waals surface area contributed by atoms with Crippen molar-refractivity contribution >= 4 is 20.2 Å². The van der Waals surface area contributed by atoms with E-state index in [0.29, 0.717) is 7.35 Å². The van der Waals surface area contributed by atoms with Crippen molar-refractivity contribution in [1.29, 1.82) is 0 Å². The Morgan fingerprint density at radius 1 is 0.533 bits per heavy atom. The maximum absolute atomic E-state index is 3.11. The zero-order chi connectivity index (χ0) is 30.9. The number of allylic oxidation sites excluding steroid dienone is 2. The molecule has 1 aliphatic heterocycles. The van der Waals surface area contributed by atoms with Crippen LogP contribution in [0, 0.1) is 13.8 Å². The maximum atomic E-state index is 2.79. The van der Waals surface area contributed by atoms with E-state index in [0.717, 1.165) is 6.42 Å². The molecule has 0 aromatic heterocycles. The van der Waals surface area contributed by atoms with E-state index in [2.05, 4.69) is 157 Å². The molecule has 1 heterocycles. The van der Waals surface area contributed by atoms with Gasteiger partial charge in [-0.1, -0.05) is 0 Å². The van der Waals surface area contributed by atoms with Crippen LogP contribution in [0.4, 0.5) is 0 Å². The third-order valence-corrected chi connectivity index (χ3v) is 33.4. The summed E-state index contributed by atoms with van der Waals surface area (Å²) in [5.74, 6) is 0. The first-order chi connectivity index (χ1) is 21.8. The molecule has 0 amide bonds. The first kappa shape index (κ1) is 29.1. The van der Waals surface area contributed by atoms with Crippen molar-refractivity contribution in [3.05, 3.63) is 165 Å². The van der Waals surface area contributed by atoms with Gasteiger partial charge in [0.15, 0.2) is 0 Å². The Morgan fingerprint density at radius 2 is 0.978 bits per heavy atom. The van der Waals surface area contributed by atoms with Gasteiger partial charge in [0.2, 0.25) is 0 Å². The molecule has 1 saturated heterocycles. The molecule has 0 radical (unpaired) electrons. The summed E-state index contributed by atoms with van der Waals surface area (Å²) in [5.41, 5.74) is 16.2. The number of fused-ring (bicyclic) bond motifs is 6. The van der Waals surface area contributed by atoms with Gasteiger partial charge in [-0.3, -0.25) is 0 Å². The molecule has 45 heavy (non-hydrogen) atoms. The van der Waals surface area contributed by atoms with Crippen molar-refractivity contribution in [2.24, 2.45) is 0 Å². The van der Waals surface area contributed by atoms with Gasteiger partial charge in [0, 0.05) is 0 Å². The van der Waals surface area contributed by atoms with Crippen LogP contribution in [0.15, 0.2) is 126 Å². The Balaban J connectivity index is 1.35. The molecule has 0 saturated carbocycles. The first-order valence-electron chi connectivity index (χ1n) is 16.6. The van der Waals surface area contributed by atoms with Gasteiger partial charge < -0.3 is 0 Å². The van der Waals surface area contributed by atoms with Crippen LogP contribution in [0.5, 0.6) is 0 Å². The molecule has 0 nitrogen and oxygen atoms in total. The molecule has 2 unspecified atom stereocenters. The standard InChI is InChI=1S/C41H36Si.2CH3.Hf/c1-29-13-7-9-19-36(29)38-21-11-17-32-25-34(27-40(32)38)42(3,24-23-31-15-5-4-6-16-31)35-26-33-18-12-22-39(41(33)28-35)37-20-10-8-14-30(37)2;;;/h4-22,25-28H,23-24H2,1-3H3;2*1H3;. The van der Waals surface area contributed by atoms with Crippen LogP contribution in [-0.2, 0) is 26.4 Å². The van der Waals surface area contributed by atoms with E-state index in [1.807, 2.05) is 10.4 Å². The van der Waals surface area contributed by atoms with E-state index in [1.165, 1.54) is 56.1 Å². The van der Waals surface area contributed by atoms with Crippen LogP contribution in [0.3, 0.4) is 0 Å². The van der Waals surface area contributed by atoms with Gasteiger partial charge in [0.05, 0.1) is 0 Å². The van der Waals surface area contributed by atoms with E-state index >= 15 is 0 Å². The number of benzene rings is 5. The molecule has 2 heteroatoms. The molecule has 5 aromatic carbocycles. The van der Waals surface area contributed by atoms with Crippen molar-refractivity contribution < 1.29 is 20.0 Å². The van der Waals surface area contributed by atoms with Gasteiger partial charge in [-0.15, -0.1) is 0 Å². The average Bonchev–Trinajstić information content (AvgIpc) is 3.66. The third kappa shape index (κ3) is 4.47. The van der Waals surface area contributed by atoms with Gasteiger partial charge in [-0.05, 0) is 0 Å². The summed E-state index contributed by atoms with van der Waals surface area (Å²) in [4.78, 5) is 0. The van der Waals surface area contributed by atoms with E-state index in [9.17, 15) is 0 Å². The summed E-state index contributed by atoms with van der Waals surface area (Å²) >= 11 is -3.11. The number of hydrogen-bond acceptors (Lipinski definition) is 0. The predicted molar refractivity (Wildman–Crippen MR) is 193 cm³/mol. The molecule has 0 spiro atoms. The molecule has 0 N–H and O–H groups in total. The summed E-state index contributed by atoms with van der Waals surface area (Å²) in [5, 5.41) is 3.68. The number of rotatable bonds is 5. The van der Waals surface area contributed by atoms with E-state index in [-0.39, 0.29) is 0 Å². The fourth-order valence-corrected chi connectivity index (χ4v) is 41.5. The molecular formula is C43H42HfSi. The quantitative estimate of drug-likeness (QED) is 0.156. The third-order valence-electron chi connectivity index (χ3n) is 11.5. The summed E-state index contributed by atoms with van der Waals surface area (Å²) in [6, 6.07) is 45.0. The van der Waals surface area contributed by atoms with Crippen LogP contribution in [0.1, 0.15) is 46.3 Å². The van der Waals surface area contributed by atoms with Crippen molar-refractivity contribution in [2.75, 3.05) is 0 Å². The van der Waals surface area contributed by atoms with Gasteiger partial charge in [0.25, 0.3) is 0 Å². The van der Waals surface area contributed by atoms with Crippen LogP contribution in [0.25, 0.3) is 34.4 Å². The van der Waals surface area contributed by atoms with Gasteiger partial charge in [-0.2, -0.15) is 0 Å². The number of hydrogen-bond donors (Lipinski definition) is 0. The molecule has 3 aliphatic rings. The summed E-state index contributed by atoms with van der Waals surface area (Å²) in [6.45, 7) is 7.28. The van der Waals surface area contributed by atoms with Crippen LogP contribution in [-0.4, -0.2) is 8.07 Å². The zero-order valence-electron chi connectivity index (χ0n) is 27.2. The minimum atomic E-state index is -3.11. The van der Waals surface area contributed by atoms with Crippen molar-refractivity contribution in [3.8, 4) is 22.3 Å². The fraction of sp³-hybridized carbons (Fsp3) is 0.209. The monoisotopic (exact) mass is 766 g/mol. The Hall–Kier alpha value is -3.33. The Kier molecular flexibility index (Phi) is 7.04. The average molecular weight is 765 g/mol. The second-order valence-electron chi connectivity index (χ2n) is 14.5. The van der Waals surface area contributed by atoms with Gasteiger partial charge >= 0.3 is 277 Å². The van der Waals surface area contributed by atoms with E-state index in [4.69, 9.17) is 0 Å². The Morgan fingerprint density at radius 3 is 1.47 bits per heavy atom. The second kappa shape index (κ2) is 10.9. The zero-order valence-corrected chi connectivity index (χ0v) is 31.8. The molecule has 5 aromatic rings. The molecule has 8 rings (SSSR count). The van der Waals surface area contributed by atoms with Crippen molar-refractivity contribution in [2.45, 2.75) is 49.6 Å². The Labute approximate surface area is 274 Å². The SMILES string of the molecule is Cc1ccccc1-c1cccc2c1C=C1[CH]2[Hf]([CH3])([CH3])[CH]2C(=Cc3c(-c4ccccc4C)cccc32)[Si]1(C)CCc1ccccc1. The van der Waals surface area contributed by atoms with Crippen LogP contribution in [0.2, 0.25) is 22.0 Å². The topological polar surface area (TPSA) is 0 Å².